The first-order valence-corrected chi connectivity index (χ1v) is 7.24. The highest BCUT2D eigenvalue weighted by molar-refractivity contribution is 5.43. The van der Waals surface area contributed by atoms with Gasteiger partial charge in [0.1, 0.15) is 5.75 Å². The monoisotopic (exact) mass is 284 g/mol. The lowest BCUT2D eigenvalue weighted by atomic mass is 9.96. The Morgan fingerprint density at radius 1 is 1.29 bits per heavy atom. The molecule has 0 saturated heterocycles. The molecule has 4 heteroatoms. The Kier molecular flexibility index (Phi) is 3.55. The first-order chi connectivity index (χ1) is 10.0. The Hall–Kier alpha value is -2.07. The molecule has 2 aromatic rings. The lowest BCUT2D eigenvalue weighted by molar-refractivity contribution is 0.0664. The van der Waals surface area contributed by atoms with Gasteiger partial charge in [-0.05, 0) is 62.4 Å². The Morgan fingerprint density at radius 2 is 2.05 bits per heavy atom. The molecule has 1 fully saturated rings. The van der Waals surface area contributed by atoms with Crippen molar-refractivity contribution in [1.82, 2.24) is 4.98 Å². The van der Waals surface area contributed by atoms with Gasteiger partial charge in [0.25, 0.3) is 0 Å². The third-order valence-electron chi connectivity index (χ3n) is 4.05. The fraction of sp³-hybridized carbons (Fsp3) is 0.353. The van der Waals surface area contributed by atoms with E-state index in [1.54, 1.807) is 18.3 Å². The summed E-state index contributed by atoms with van der Waals surface area (Å²) in [5, 5.41) is 10.2. The van der Waals surface area contributed by atoms with Gasteiger partial charge in [0, 0.05) is 17.4 Å². The molecule has 1 aromatic heterocycles. The molecule has 0 amide bonds. The summed E-state index contributed by atoms with van der Waals surface area (Å²) in [4.78, 5) is 4.35. The lowest BCUT2D eigenvalue weighted by Crippen LogP contribution is -2.18. The average Bonchev–Trinajstić information content (AvgIpc) is 2.82. The third-order valence-corrected chi connectivity index (χ3v) is 4.05. The maximum atomic E-state index is 10.2. The standard InChI is InChI=1S/C17H20N2O2/c1-17(20)9-8-12(11-17)15-3-2-10-19-16(15)21-14-6-4-13(18)5-7-14/h2-7,10,12,20H,8-9,11,18H2,1H3. The van der Waals surface area contributed by atoms with Crippen LogP contribution in [-0.2, 0) is 0 Å². The molecule has 1 saturated carbocycles. The highest BCUT2D eigenvalue weighted by atomic mass is 16.5. The topological polar surface area (TPSA) is 68.4 Å². The van der Waals surface area contributed by atoms with Gasteiger partial charge in [-0.1, -0.05) is 6.07 Å². The number of aromatic nitrogens is 1. The normalized spacial score (nSPS) is 25.0. The number of nitrogens with zero attached hydrogens (tertiary/aromatic N) is 1. The average molecular weight is 284 g/mol. The van der Waals surface area contributed by atoms with Gasteiger partial charge >= 0.3 is 0 Å². The van der Waals surface area contributed by atoms with Crippen LogP contribution >= 0.6 is 0 Å². The summed E-state index contributed by atoms with van der Waals surface area (Å²) >= 11 is 0. The van der Waals surface area contributed by atoms with Gasteiger partial charge in [0.15, 0.2) is 0 Å². The summed E-state index contributed by atoms with van der Waals surface area (Å²) in [5.74, 6) is 1.62. The predicted octanol–water partition coefficient (Wildman–Crippen LogP) is 3.47. The van der Waals surface area contributed by atoms with Crippen molar-refractivity contribution < 1.29 is 9.84 Å². The van der Waals surface area contributed by atoms with E-state index in [0.29, 0.717) is 17.3 Å². The van der Waals surface area contributed by atoms with Gasteiger partial charge in [-0.25, -0.2) is 4.98 Å². The first-order valence-electron chi connectivity index (χ1n) is 7.24. The van der Waals surface area contributed by atoms with Crippen molar-refractivity contribution in [3.63, 3.8) is 0 Å². The minimum Gasteiger partial charge on any atom is -0.439 e. The number of hydrogen-bond donors (Lipinski definition) is 2. The second-order valence-corrected chi connectivity index (χ2v) is 6.01. The Morgan fingerprint density at radius 3 is 2.71 bits per heavy atom. The second-order valence-electron chi connectivity index (χ2n) is 6.01. The van der Waals surface area contributed by atoms with Crippen molar-refractivity contribution in [2.24, 2.45) is 0 Å². The van der Waals surface area contributed by atoms with Crippen LogP contribution in [0.2, 0.25) is 0 Å². The van der Waals surface area contributed by atoms with E-state index in [1.807, 2.05) is 31.2 Å². The molecular formula is C17H20N2O2. The number of nitrogens with two attached hydrogens (primary N) is 1. The zero-order valence-electron chi connectivity index (χ0n) is 12.1. The summed E-state index contributed by atoms with van der Waals surface area (Å²) < 4.78 is 5.90. The third kappa shape index (κ3) is 3.16. The van der Waals surface area contributed by atoms with Crippen molar-refractivity contribution in [2.45, 2.75) is 37.7 Å². The zero-order valence-corrected chi connectivity index (χ0v) is 12.1. The van der Waals surface area contributed by atoms with Crippen molar-refractivity contribution in [3.8, 4) is 11.6 Å². The van der Waals surface area contributed by atoms with E-state index in [0.717, 1.165) is 24.8 Å². The van der Waals surface area contributed by atoms with Crippen LogP contribution in [0, 0.1) is 0 Å². The summed E-state index contributed by atoms with van der Waals surface area (Å²) in [6.07, 6.45) is 4.24. The second kappa shape index (κ2) is 5.37. The zero-order chi connectivity index (χ0) is 14.9. The fourth-order valence-electron chi connectivity index (χ4n) is 2.93. The number of aliphatic hydroxyl groups is 1. The molecule has 4 nitrogen and oxygen atoms in total. The van der Waals surface area contributed by atoms with E-state index in [1.165, 1.54) is 0 Å². The fourth-order valence-corrected chi connectivity index (χ4v) is 2.93. The van der Waals surface area contributed by atoms with Crippen LogP contribution in [0.1, 0.15) is 37.7 Å². The number of ether oxygens (including phenoxy) is 1. The number of nitrogen functional groups attached to an aromatic ring is 1. The smallest absolute Gasteiger partial charge is 0.222 e. The molecular weight excluding hydrogens is 264 g/mol. The van der Waals surface area contributed by atoms with E-state index < -0.39 is 5.60 Å². The van der Waals surface area contributed by atoms with Gasteiger partial charge < -0.3 is 15.6 Å². The summed E-state index contributed by atoms with van der Waals surface area (Å²) in [6.45, 7) is 1.89. The molecule has 0 radical (unpaired) electrons. The first kappa shape index (κ1) is 13.9. The predicted molar refractivity (Wildman–Crippen MR) is 82.4 cm³/mol. The molecule has 2 unspecified atom stereocenters. The van der Waals surface area contributed by atoms with Crippen LogP contribution in [0.4, 0.5) is 5.69 Å². The van der Waals surface area contributed by atoms with E-state index in [-0.39, 0.29) is 5.92 Å². The summed E-state index contributed by atoms with van der Waals surface area (Å²) in [6, 6.07) is 11.2. The van der Waals surface area contributed by atoms with Crippen LogP contribution < -0.4 is 10.5 Å². The van der Waals surface area contributed by atoms with Gasteiger partial charge in [0.2, 0.25) is 5.88 Å². The van der Waals surface area contributed by atoms with Crippen molar-refractivity contribution >= 4 is 5.69 Å². The molecule has 0 aliphatic heterocycles. The molecule has 3 N–H and O–H groups in total. The molecule has 2 atom stereocenters. The van der Waals surface area contributed by atoms with E-state index in [9.17, 15) is 5.11 Å². The molecule has 1 heterocycles. The molecule has 110 valence electrons. The maximum absolute atomic E-state index is 10.2. The van der Waals surface area contributed by atoms with Crippen molar-refractivity contribution in [2.75, 3.05) is 5.73 Å². The van der Waals surface area contributed by atoms with Gasteiger partial charge in [-0.2, -0.15) is 0 Å². The molecule has 3 rings (SSSR count). The summed E-state index contributed by atoms with van der Waals surface area (Å²) in [7, 11) is 0. The van der Waals surface area contributed by atoms with Crippen LogP contribution in [0.3, 0.4) is 0 Å². The highest BCUT2D eigenvalue weighted by Crippen LogP contribution is 2.43. The largest absolute Gasteiger partial charge is 0.439 e. The minimum absolute atomic E-state index is 0.289. The number of hydrogen-bond acceptors (Lipinski definition) is 4. The number of benzene rings is 1. The van der Waals surface area contributed by atoms with Crippen molar-refractivity contribution in [3.05, 3.63) is 48.2 Å². The molecule has 21 heavy (non-hydrogen) atoms. The Labute approximate surface area is 124 Å². The molecule has 0 bridgehead atoms. The van der Waals surface area contributed by atoms with Gasteiger partial charge in [-0.15, -0.1) is 0 Å². The maximum Gasteiger partial charge on any atom is 0.222 e. The van der Waals surface area contributed by atoms with E-state index >= 15 is 0 Å². The van der Waals surface area contributed by atoms with E-state index in [2.05, 4.69) is 4.98 Å². The molecule has 1 aliphatic carbocycles. The Bertz CT molecular complexity index is 623. The van der Waals surface area contributed by atoms with Crippen LogP contribution in [-0.4, -0.2) is 15.7 Å². The molecule has 0 spiro atoms. The van der Waals surface area contributed by atoms with Crippen molar-refractivity contribution in [1.29, 1.82) is 0 Å². The summed E-state index contributed by atoms with van der Waals surface area (Å²) in [5.41, 5.74) is 6.86. The molecule has 1 aliphatic rings. The SMILES string of the molecule is CC1(O)CCC(c2cccnc2Oc2ccc(N)cc2)C1. The Balaban J connectivity index is 1.84. The quantitative estimate of drug-likeness (QED) is 0.847. The number of rotatable bonds is 3. The highest BCUT2D eigenvalue weighted by Gasteiger charge is 2.35. The van der Waals surface area contributed by atoms with Crippen LogP contribution in [0.25, 0.3) is 0 Å². The molecule has 1 aromatic carbocycles. The number of anilines is 1. The van der Waals surface area contributed by atoms with E-state index in [4.69, 9.17) is 10.5 Å². The van der Waals surface area contributed by atoms with Crippen LogP contribution in [0.15, 0.2) is 42.6 Å². The minimum atomic E-state index is -0.584. The lowest BCUT2D eigenvalue weighted by Gasteiger charge is -2.18. The van der Waals surface area contributed by atoms with Crippen LogP contribution in [0.5, 0.6) is 11.6 Å². The van der Waals surface area contributed by atoms with Gasteiger partial charge in [0.05, 0.1) is 5.60 Å². The van der Waals surface area contributed by atoms with Gasteiger partial charge in [-0.3, -0.25) is 0 Å². The number of pyridine rings is 1.